The molecule has 0 saturated heterocycles. The number of benzene rings is 1. The average Bonchev–Trinajstić information content (AvgIpc) is 2.37. The molecule has 0 aromatic heterocycles. The molecule has 5 nitrogen and oxygen atoms in total. The fourth-order valence-electron chi connectivity index (χ4n) is 1.53. The van der Waals surface area contributed by atoms with E-state index in [9.17, 15) is 4.79 Å². The van der Waals surface area contributed by atoms with Gasteiger partial charge in [-0.15, -0.1) is 0 Å². The lowest BCUT2D eigenvalue weighted by molar-refractivity contribution is -0.129. The Morgan fingerprint density at radius 3 is 2.61 bits per heavy atom. The van der Waals surface area contributed by atoms with Crippen LogP contribution < -0.4 is 0 Å². The van der Waals surface area contributed by atoms with Crippen LogP contribution in [-0.2, 0) is 16.1 Å². The predicted octanol–water partition coefficient (Wildman–Crippen LogP) is 3.46. The van der Waals surface area contributed by atoms with Crippen molar-refractivity contribution in [1.82, 2.24) is 0 Å². The Kier molecular flexibility index (Phi) is 7.09. The molecular formula is C13H17N3O2. The molecule has 0 N–H and O–H groups in total. The second-order valence-electron chi connectivity index (χ2n) is 4.10. The first-order valence-electron chi connectivity index (χ1n) is 5.97. The number of hydrogen-bond donors (Lipinski definition) is 0. The molecule has 0 atom stereocenters. The standard InChI is InChI=1S/C8H8O2.C5H9N3/c9-7-10-6-8-4-2-1-3-5-8;6-8-7-4-5-2-1-3-5/h1-5,7H,6H2;5H,1-4H2. The van der Waals surface area contributed by atoms with E-state index in [0.29, 0.717) is 19.0 Å². The fourth-order valence-corrected chi connectivity index (χ4v) is 1.53. The minimum Gasteiger partial charge on any atom is -0.463 e. The summed E-state index contributed by atoms with van der Waals surface area (Å²) < 4.78 is 4.54. The lowest BCUT2D eigenvalue weighted by atomic mass is 9.86. The summed E-state index contributed by atoms with van der Waals surface area (Å²) in [6.07, 6.45) is 3.85. The van der Waals surface area contributed by atoms with Crippen molar-refractivity contribution < 1.29 is 9.53 Å². The summed E-state index contributed by atoms with van der Waals surface area (Å²) >= 11 is 0. The molecule has 0 unspecified atom stereocenters. The van der Waals surface area contributed by atoms with Crippen LogP contribution in [-0.4, -0.2) is 13.0 Å². The molecule has 0 heterocycles. The molecule has 1 aliphatic carbocycles. The zero-order valence-corrected chi connectivity index (χ0v) is 10.2. The average molecular weight is 247 g/mol. The molecule has 0 spiro atoms. The van der Waals surface area contributed by atoms with Crippen molar-refractivity contribution in [2.45, 2.75) is 25.9 Å². The van der Waals surface area contributed by atoms with Gasteiger partial charge in [-0.05, 0) is 17.0 Å². The number of nitrogens with zero attached hydrogens (tertiary/aromatic N) is 3. The van der Waals surface area contributed by atoms with Gasteiger partial charge >= 0.3 is 0 Å². The van der Waals surface area contributed by atoms with Crippen LogP contribution in [0.4, 0.5) is 0 Å². The molecule has 1 aromatic carbocycles. The lowest BCUT2D eigenvalue weighted by Crippen LogP contribution is -2.13. The van der Waals surface area contributed by atoms with Crippen molar-refractivity contribution in [1.29, 1.82) is 0 Å². The van der Waals surface area contributed by atoms with Crippen molar-refractivity contribution in [3.8, 4) is 0 Å². The zero-order chi connectivity index (χ0) is 13.1. The van der Waals surface area contributed by atoms with Crippen LogP contribution in [0.5, 0.6) is 0 Å². The molecule has 96 valence electrons. The van der Waals surface area contributed by atoms with Crippen LogP contribution in [0.15, 0.2) is 35.4 Å². The van der Waals surface area contributed by atoms with Gasteiger partial charge in [0.15, 0.2) is 0 Å². The van der Waals surface area contributed by atoms with Gasteiger partial charge < -0.3 is 4.74 Å². The van der Waals surface area contributed by atoms with E-state index in [0.717, 1.165) is 12.1 Å². The largest absolute Gasteiger partial charge is 0.463 e. The Hall–Kier alpha value is -2.00. The van der Waals surface area contributed by atoms with E-state index in [-0.39, 0.29) is 0 Å². The normalized spacial score (nSPS) is 13.3. The SMILES string of the molecule is O=COCc1ccccc1.[N-]=[N+]=NCC1CCC1. The number of ether oxygens (including phenoxy) is 1. The Balaban J connectivity index is 0.000000184. The summed E-state index contributed by atoms with van der Waals surface area (Å²) in [6, 6.07) is 9.55. The quantitative estimate of drug-likeness (QED) is 0.346. The van der Waals surface area contributed by atoms with Crippen molar-refractivity contribution in [3.05, 3.63) is 46.3 Å². The summed E-state index contributed by atoms with van der Waals surface area (Å²) in [4.78, 5) is 12.4. The summed E-state index contributed by atoms with van der Waals surface area (Å²) in [7, 11) is 0. The molecule has 0 radical (unpaired) electrons. The minimum atomic E-state index is 0.365. The maximum absolute atomic E-state index is 9.76. The van der Waals surface area contributed by atoms with Crippen LogP contribution in [0.1, 0.15) is 24.8 Å². The molecule has 1 fully saturated rings. The molecule has 2 rings (SSSR count). The van der Waals surface area contributed by atoms with Gasteiger partial charge in [0.25, 0.3) is 6.47 Å². The molecule has 5 heteroatoms. The maximum atomic E-state index is 9.76. The van der Waals surface area contributed by atoms with Gasteiger partial charge in [-0.3, -0.25) is 4.79 Å². The van der Waals surface area contributed by atoms with Crippen LogP contribution in [0.3, 0.4) is 0 Å². The first-order valence-corrected chi connectivity index (χ1v) is 5.97. The van der Waals surface area contributed by atoms with Gasteiger partial charge in [0, 0.05) is 11.5 Å². The van der Waals surface area contributed by atoms with E-state index < -0.39 is 0 Å². The molecule has 0 aliphatic heterocycles. The molecule has 0 amide bonds. The van der Waals surface area contributed by atoms with Crippen LogP contribution in [0, 0.1) is 5.92 Å². The monoisotopic (exact) mass is 247 g/mol. The van der Waals surface area contributed by atoms with Gasteiger partial charge in [-0.25, -0.2) is 0 Å². The Bertz CT molecular complexity index is 384. The summed E-state index contributed by atoms with van der Waals surface area (Å²) in [5.74, 6) is 0.714. The molecule has 1 saturated carbocycles. The third-order valence-corrected chi connectivity index (χ3v) is 2.79. The number of rotatable bonds is 5. The molecule has 0 bridgehead atoms. The van der Waals surface area contributed by atoms with Gasteiger partial charge in [-0.1, -0.05) is 54.7 Å². The number of carbonyl (C=O) groups is 1. The highest BCUT2D eigenvalue weighted by Gasteiger charge is 2.15. The highest BCUT2D eigenvalue weighted by molar-refractivity contribution is 5.37. The second-order valence-corrected chi connectivity index (χ2v) is 4.10. The van der Waals surface area contributed by atoms with E-state index in [1.54, 1.807) is 0 Å². The topological polar surface area (TPSA) is 75.1 Å². The first kappa shape index (κ1) is 14.1. The summed E-state index contributed by atoms with van der Waals surface area (Å²) in [5.41, 5.74) is 8.90. The number of azide groups is 1. The Morgan fingerprint density at radius 1 is 1.39 bits per heavy atom. The smallest absolute Gasteiger partial charge is 0.293 e. The third kappa shape index (κ3) is 5.92. The van der Waals surface area contributed by atoms with E-state index in [2.05, 4.69) is 14.8 Å². The van der Waals surface area contributed by atoms with Crippen LogP contribution >= 0.6 is 0 Å². The second kappa shape index (κ2) is 9.07. The maximum Gasteiger partial charge on any atom is 0.293 e. The van der Waals surface area contributed by atoms with E-state index in [1.807, 2.05) is 30.3 Å². The highest BCUT2D eigenvalue weighted by Crippen LogP contribution is 2.26. The number of hydrogen-bond acceptors (Lipinski definition) is 3. The van der Waals surface area contributed by atoms with Crippen molar-refractivity contribution in [2.24, 2.45) is 11.0 Å². The minimum absolute atomic E-state index is 0.365. The number of carbonyl (C=O) groups excluding carboxylic acids is 1. The molecule has 1 aromatic rings. The predicted molar refractivity (Wildman–Crippen MR) is 68.6 cm³/mol. The van der Waals surface area contributed by atoms with Crippen molar-refractivity contribution in [3.63, 3.8) is 0 Å². The van der Waals surface area contributed by atoms with Gasteiger partial charge in [0.1, 0.15) is 6.61 Å². The Labute approximate surface area is 106 Å². The molecule has 1 aliphatic rings. The first-order chi connectivity index (χ1) is 8.86. The van der Waals surface area contributed by atoms with Crippen LogP contribution in [0.2, 0.25) is 0 Å². The third-order valence-electron chi connectivity index (χ3n) is 2.79. The van der Waals surface area contributed by atoms with E-state index >= 15 is 0 Å². The zero-order valence-electron chi connectivity index (χ0n) is 10.2. The fraction of sp³-hybridized carbons (Fsp3) is 0.462. The Morgan fingerprint density at radius 2 is 2.11 bits per heavy atom. The van der Waals surface area contributed by atoms with Gasteiger partial charge in [0.05, 0.1) is 0 Å². The van der Waals surface area contributed by atoms with E-state index in [4.69, 9.17) is 5.53 Å². The van der Waals surface area contributed by atoms with Crippen LogP contribution in [0.25, 0.3) is 10.4 Å². The van der Waals surface area contributed by atoms with Crippen molar-refractivity contribution in [2.75, 3.05) is 6.54 Å². The highest BCUT2D eigenvalue weighted by atomic mass is 16.5. The summed E-state index contributed by atoms with van der Waals surface area (Å²) in [6.45, 7) is 1.54. The van der Waals surface area contributed by atoms with Gasteiger partial charge in [-0.2, -0.15) is 0 Å². The molecule has 18 heavy (non-hydrogen) atoms. The van der Waals surface area contributed by atoms with Crippen molar-refractivity contribution >= 4 is 6.47 Å². The van der Waals surface area contributed by atoms with E-state index in [1.165, 1.54) is 19.3 Å². The van der Waals surface area contributed by atoms with Gasteiger partial charge in [0.2, 0.25) is 0 Å². The lowest BCUT2D eigenvalue weighted by Gasteiger charge is -2.22. The molecular weight excluding hydrogens is 230 g/mol. The summed E-state index contributed by atoms with van der Waals surface area (Å²) in [5, 5.41) is 3.47.